The molecule has 1 heterocycles. The summed E-state index contributed by atoms with van der Waals surface area (Å²) in [5, 5.41) is 0. The molecule has 1 aromatic heterocycles. The van der Waals surface area contributed by atoms with E-state index in [2.05, 4.69) is 11.1 Å². The summed E-state index contributed by atoms with van der Waals surface area (Å²) in [5.41, 5.74) is 8.88. The van der Waals surface area contributed by atoms with E-state index in [4.69, 9.17) is 15.2 Å². The zero-order valence-electron chi connectivity index (χ0n) is 12.1. The van der Waals surface area contributed by atoms with Crippen molar-refractivity contribution in [2.45, 2.75) is 26.5 Å². The molecule has 0 saturated carbocycles. The third-order valence-electron chi connectivity index (χ3n) is 3.09. The molecule has 0 bridgehead atoms. The molecule has 0 amide bonds. The standard InChI is InChI=1S/C16H20N2O2/c1-11-9-13(12(2)17)7-8-15(11)20-10-14-5-4-6-16(18-14)19-3/h4-9,12H,10,17H2,1-3H3/t12-/m1/s1. The second-order valence-corrected chi connectivity index (χ2v) is 4.77. The summed E-state index contributed by atoms with van der Waals surface area (Å²) in [6.07, 6.45) is 0. The van der Waals surface area contributed by atoms with Crippen LogP contribution in [0.5, 0.6) is 11.6 Å². The molecular weight excluding hydrogens is 252 g/mol. The van der Waals surface area contributed by atoms with Gasteiger partial charge >= 0.3 is 0 Å². The van der Waals surface area contributed by atoms with Gasteiger partial charge in [0.1, 0.15) is 12.4 Å². The van der Waals surface area contributed by atoms with Gasteiger partial charge in [-0.1, -0.05) is 18.2 Å². The molecule has 0 aliphatic carbocycles. The number of nitrogens with two attached hydrogens (primary N) is 1. The summed E-state index contributed by atoms with van der Waals surface area (Å²) in [6.45, 7) is 4.39. The Hall–Kier alpha value is -2.07. The van der Waals surface area contributed by atoms with E-state index in [1.807, 2.05) is 44.2 Å². The SMILES string of the molecule is COc1cccc(COc2ccc([C@@H](C)N)cc2C)n1. The van der Waals surface area contributed by atoms with Crippen LogP contribution >= 0.6 is 0 Å². The maximum absolute atomic E-state index is 5.86. The lowest BCUT2D eigenvalue weighted by atomic mass is 10.1. The lowest BCUT2D eigenvalue weighted by Gasteiger charge is -2.12. The first-order chi connectivity index (χ1) is 9.60. The van der Waals surface area contributed by atoms with Gasteiger partial charge in [0.05, 0.1) is 12.8 Å². The van der Waals surface area contributed by atoms with Gasteiger partial charge in [0.2, 0.25) is 5.88 Å². The van der Waals surface area contributed by atoms with Gasteiger partial charge in [-0.2, -0.15) is 0 Å². The predicted molar refractivity (Wildman–Crippen MR) is 78.9 cm³/mol. The molecule has 0 saturated heterocycles. The summed E-state index contributed by atoms with van der Waals surface area (Å²) < 4.78 is 10.9. The first-order valence-electron chi connectivity index (χ1n) is 6.59. The highest BCUT2D eigenvalue weighted by Gasteiger charge is 2.05. The van der Waals surface area contributed by atoms with E-state index >= 15 is 0 Å². The second kappa shape index (κ2) is 6.39. The van der Waals surface area contributed by atoms with Gasteiger partial charge in [0, 0.05) is 12.1 Å². The number of rotatable bonds is 5. The van der Waals surface area contributed by atoms with E-state index in [-0.39, 0.29) is 6.04 Å². The topological polar surface area (TPSA) is 57.4 Å². The lowest BCUT2D eigenvalue weighted by molar-refractivity contribution is 0.296. The molecule has 4 heteroatoms. The fourth-order valence-electron chi connectivity index (χ4n) is 1.92. The van der Waals surface area contributed by atoms with Crippen molar-refractivity contribution in [3.8, 4) is 11.6 Å². The molecule has 1 atom stereocenters. The minimum Gasteiger partial charge on any atom is -0.487 e. The number of nitrogens with zero attached hydrogens (tertiary/aromatic N) is 1. The predicted octanol–water partition coefficient (Wildman–Crippen LogP) is 3.00. The van der Waals surface area contributed by atoms with Crippen LogP contribution in [0.2, 0.25) is 0 Å². The molecule has 2 N–H and O–H groups in total. The van der Waals surface area contributed by atoms with Crippen molar-refractivity contribution in [3.63, 3.8) is 0 Å². The number of methoxy groups -OCH3 is 1. The molecule has 0 spiro atoms. The van der Waals surface area contributed by atoms with E-state index in [9.17, 15) is 0 Å². The molecule has 20 heavy (non-hydrogen) atoms. The van der Waals surface area contributed by atoms with Crippen molar-refractivity contribution < 1.29 is 9.47 Å². The largest absolute Gasteiger partial charge is 0.487 e. The van der Waals surface area contributed by atoms with E-state index in [0.717, 1.165) is 22.6 Å². The smallest absolute Gasteiger partial charge is 0.213 e. The first-order valence-corrected chi connectivity index (χ1v) is 6.59. The molecule has 1 aromatic carbocycles. The Labute approximate surface area is 119 Å². The van der Waals surface area contributed by atoms with Crippen molar-refractivity contribution in [2.75, 3.05) is 7.11 Å². The van der Waals surface area contributed by atoms with E-state index in [0.29, 0.717) is 12.5 Å². The summed E-state index contributed by atoms with van der Waals surface area (Å²) >= 11 is 0. The number of aromatic nitrogens is 1. The van der Waals surface area contributed by atoms with Crippen LogP contribution in [0.1, 0.15) is 29.8 Å². The maximum atomic E-state index is 5.86. The van der Waals surface area contributed by atoms with Crippen molar-refractivity contribution in [1.29, 1.82) is 0 Å². The van der Waals surface area contributed by atoms with E-state index < -0.39 is 0 Å². The van der Waals surface area contributed by atoms with Crippen LogP contribution in [-0.2, 0) is 6.61 Å². The molecule has 2 rings (SSSR count). The van der Waals surface area contributed by atoms with Crippen LogP contribution in [0.15, 0.2) is 36.4 Å². The monoisotopic (exact) mass is 272 g/mol. The Morgan fingerprint density at radius 3 is 2.70 bits per heavy atom. The van der Waals surface area contributed by atoms with Gasteiger partial charge in [-0.25, -0.2) is 4.98 Å². The fourth-order valence-corrected chi connectivity index (χ4v) is 1.92. The Balaban J connectivity index is 2.07. The van der Waals surface area contributed by atoms with Crippen LogP contribution in [0.4, 0.5) is 0 Å². The molecule has 2 aromatic rings. The summed E-state index contributed by atoms with van der Waals surface area (Å²) in [7, 11) is 1.60. The fraction of sp³-hybridized carbons (Fsp3) is 0.312. The van der Waals surface area contributed by atoms with Gasteiger partial charge < -0.3 is 15.2 Å². The number of aryl methyl sites for hydroxylation is 1. The molecule has 106 valence electrons. The average Bonchev–Trinajstić information content (AvgIpc) is 2.46. The number of ether oxygens (including phenoxy) is 2. The molecule has 0 aliphatic rings. The molecule has 0 unspecified atom stereocenters. The molecular formula is C16H20N2O2. The van der Waals surface area contributed by atoms with Crippen LogP contribution in [0.25, 0.3) is 0 Å². The number of hydrogen-bond donors (Lipinski definition) is 1. The zero-order chi connectivity index (χ0) is 14.5. The molecule has 0 aliphatic heterocycles. The Morgan fingerprint density at radius 1 is 1.25 bits per heavy atom. The highest BCUT2D eigenvalue weighted by molar-refractivity contribution is 5.37. The quantitative estimate of drug-likeness (QED) is 0.909. The number of pyridine rings is 1. The second-order valence-electron chi connectivity index (χ2n) is 4.77. The Bertz CT molecular complexity index is 582. The molecule has 0 radical (unpaired) electrons. The van der Waals surface area contributed by atoms with Crippen LogP contribution in [0, 0.1) is 6.92 Å². The van der Waals surface area contributed by atoms with E-state index in [1.54, 1.807) is 7.11 Å². The van der Waals surface area contributed by atoms with Gasteiger partial charge in [-0.05, 0) is 37.1 Å². The zero-order valence-corrected chi connectivity index (χ0v) is 12.1. The van der Waals surface area contributed by atoms with Crippen molar-refractivity contribution in [3.05, 3.63) is 53.2 Å². The third kappa shape index (κ3) is 3.48. The summed E-state index contributed by atoms with van der Waals surface area (Å²) in [4.78, 5) is 4.31. The minimum atomic E-state index is 0.0304. The highest BCUT2D eigenvalue weighted by atomic mass is 16.5. The molecule has 4 nitrogen and oxygen atoms in total. The average molecular weight is 272 g/mol. The van der Waals surface area contributed by atoms with Crippen molar-refractivity contribution in [1.82, 2.24) is 4.98 Å². The van der Waals surface area contributed by atoms with Crippen LogP contribution in [0.3, 0.4) is 0 Å². The van der Waals surface area contributed by atoms with Gasteiger partial charge in [-0.15, -0.1) is 0 Å². The van der Waals surface area contributed by atoms with Crippen LogP contribution < -0.4 is 15.2 Å². The number of benzene rings is 1. The first kappa shape index (κ1) is 14.3. The summed E-state index contributed by atoms with van der Waals surface area (Å²) in [5.74, 6) is 1.44. The Kier molecular flexibility index (Phi) is 4.58. The number of hydrogen-bond acceptors (Lipinski definition) is 4. The van der Waals surface area contributed by atoms with E-state index in [1.165, 1.54) is 0 Å². The van der Waals surface area contributed by atoms with Crippen molar-refractivity contribution in [2.24, 2.45) is 5.73 Å². The summed E-state index contributed by atoms with van der Waals surface area (Å²) in [6, 6.07) is 11.7. The van der Waals surface area contributed by atoms with Gasteiger partial charge in [0.25, 0.3) is 0 Å². The lowest BCUT2D eigenvalue weighted by Crippen LogP contribution is -2.06. The maximum Gasteiger partial charge on any atom is 0.213 e. The van der Waals surface area contributed by atoms with Crippen molar-refractivity contribution >= 4 is 0 Å². The van der Waals surface area contributed by atoms with Gasteiger partial charge in [-0.3, -0.25) is 0 Å². The normalized spacial score (nSPS) is 12.0. The molecule has 0 fully saturated rings. The Morgan fingerprint density at radius 2 is 2.05 bits per heavy atom. The third-order valence-corrected chi connectivity index (χ3v) is 3.09. The van der Waals surface area contributed by atoms with Crippen LogP contribution in [-0.4, -0.2) is 12.1 Å². The van der Waals surface area contributed by atoms with Gasteiger partial charge in [0.15, 0.2) is 0 Å². The highest BCUT2D eigenvalue weighted by Crippen LogP contribution is 2.22. The minimum absolute atomic E-state index is 0.0304.